The van der Waals surface area contributed by atoms with Gasteiger partial charge in [0, 0.05) is 0 Å². The molecule has 0 aliphatic rings. The summed E-state index contributed by atoms with van der Waals surface area (Å²) >= 11 is 0. The minimum Gasteiger partial charge on any atom is -0.496 e. The summed E-state index contributed by atoms with van der Waals surface area (Å²) in [6, 6.07) is 12.1. The Hall–Kier alpha value is -2.49. The predicted molar refractivity (Wildman–Crippen MR) is 70.4 cm³/mol. The molecule has 0 aliphatic carbocycles. The molecule has 0 radical (unpaired) electrons. The Morgan fingerprint density at radius 2 is 2.00 bits per heavy atom. The largest absolute Gasteiger partial charge is 0.496 e. The summed E-state index contributed by atoms with van der Waals surface area (Å²) < 4.78 is 10.8. The van der Waals surface area contributed by atoms with E-state index in [1.165, 1.54) is 0 Å². The van der Waals surface area contributed by atoms with Crippen LogP contribution in [0.3, 0.4) is 0 Å². The number of hydrogen-bond acceptors (Lipinski definition) is 4. The molecule has 2 aromatic carbocycles. The van der Waals surface area contributed by atoms with Gasteiger partial charge in [-0.15, -0.1) is 0 Å². The Balaban J connectivity index is 2.37. The van der Waals surface area contributed by atoms with Crippen LogP contribution in [0.1, 0.15) is 0 Å². The third-order valence-electron chi connectivity index (χ3n) is 2.88. The summed E-state index contributed by atoms with van der Waals surface area (Å²) in [5.41, 5.74) is 6.41. The topological polar surface area (TPSA) is 61.3 Å². The average molecular weight is 240 g/mol. The minimum absolute atomic E-state index is 0.153. The quantitative estimate of drug-likeness (QED) is 0.747. The number of nitrogen functional groups attached to an aromatic ring is 1. The fourth-order valence-corrected chi connectivity index (χ4v) is 2.08. The van der Waals surface area contributed by atoms with Crippen molar-refractivity contribution >= 4 is 16.8 Å². The maximum atomic E-state index is 5.53. The lowest BCUT2D eigenvalue weighted by Gasteiger charge is -2.09. The van der Waals surface area contributed by atoms with Gasteiger partial charge >= 0.3 is 0 Å². The zero-order valence-electron chi connectivity index (χ0n) is 9.88. The van der Waals surface area contributed by atoms with Gasteiger partial charge in [0.05, 0.1) is 18.9 Å². The van der Waals surface area contributed by atoms with Gasteiger partial charge in [-0.3, -0.25) is 0 Å². The van der Waals surface area contributed by atoms with Crippen LogP contribution in [0.5, 0.6) is 5.75 Å². The minimum atomic E-state index is 0.153. The van der Waals surface area contributed by atoms with Crippen LogP contribution in [0.25, 0.3) is 22.1 Å². The number of nitrogens with zero attached hydrogens (tertiary/aromatic N) is 1. The number of benzene rings is 2. The van der Waals surface area contributed by atoms with E-state index in [4.69, 9.17) is 14.9 Å². The molecule has 1 aromatic heterocycles. The van der Waals surface area contributed by atoms with Crippen molar-refractivity contribution < 1.29 is 9.15 Å². The van der Waals surface area contributed by atoms with Crippen LogP contribution in [0.15, 0.2) is 47.0 Å². The molecular formula is C14H12N2O2. The highest BCUT2D eigenvalue weighted by Gasteiger charge is 2.14. The standard InChI is InChI=1S/C14H12N2O2/c1-17-11-7-6-9-4-2-3-5-10(9)13(11)12-8-16-14(15)18-12/h2-8H,1H3,(H2,15,16). The van der Waals surface area contributed by atoms with Gasteiger partial charge in [-0.25, -0.2) is 4.98 Å². The fourth-order valence-electron chi connectivity index (χ4n) is 2.08. The third-order valence-corrected chi connectivity index (χ3v) is 2.88. The van der Waals surface area contributed by atoms with Crippen LogP contribution in [0.2, 0.25) is 0 Å². The molecule has 3 rings (SSSR count). The van der Waals surface area contributed by atoms with Crippen molar-refractivity contribution in [2.45, 2.75) is 0 Å². The lowest BCUT2D eigenvalue weighted by molar-refractivity contribution is 0.415. The van der Waals surface area contributed by atoms with E-state index in [2.05, 4.69) is 4.98 Å². The normalized spacial score (nSPS) is 10.7. The first-order chi connectivity index (χ1) is 8.79. The van der Waals surface area contributed by atoms with Crippen LogP contribution >= 0.6 is 0 Å². The molecule has 4 heteroatoms. The molecule has 0 atom stereocenters. The lowest BCUT2D eigenvalue weighted by Crippen LogP contribution is -1.88. The van der Waals surface area contributed by atoms with Crippen LogP contribution in [0.4, 0.5) is 6.01 Å². The van der Waals surface area contributed by atoms with E-state index in [-0.39, 0.29) is 6.01 Å². The monoisotopic (exact) mass is 240 g/mol. The molecular weight excluding hydrogens is 228 g/mol. The number of rotatable bonds is 2. The molecule has 1 heterocycles. The number of methoxy groups -OCH3 is 1. The van der Waals surface area contributed by atoms with Crippen molar-refractivity contribution in [2.24, 2.45) is 0 Å². The summed E-state index contributed by atoms with van der Waals surface area (Å²) in [6.07, 6.45) is 1.61. The first-order valence-corrected chi connectivity index (χ1v) is 5.57. The Morgan fingerprint density at radius 1 is 1.17 bits per heavy atom. The molecule has 18 heavy (non-hydrogen) atoms. The Labute approximate surface area is 104 Å². The second kappa shape index (κ2) is 4.07. The van der Waals surface area contributed by atoms with E-state index in [0.717, 1.165) is 22.1 Å². The van der Waals surface area contributed by atoms with Gasteiger partial charge in [0.1, 0.15) is 5.75 Å². The van der Waals surface area contributed by atoms with E-state index in [1.807, 2.05) is 36.4 Å². The third kappa shape index (κ3) is 1.59. The highest BCUT2D eigenvalue weighted by atomic mass is 16.5. The molecule has 0 fully saturated rings. The SMILES string of the molecule is COc1ccc2ccccc2c1-c1cnc(N)o1. The van der Waals surface area contributed by atoms with Gasteiger partial charge in [-0.1, -0.05) is 30.3 Å². The van der Waals surface area contributed by atoms with Crippen molar-refractivity contribution in [3.05, 3.63) is 42.6 Å². The van der Waals surface area contributed by atoms with Gasteiger partial charge in [-0.2, -0.15) is 0 Å². The average Bonchev–Trinajstić information content (AvgIpc) is 2.83. The zero-order chi connectivity index (χ0) is 12.5. The highest BCUT2D eigenvalue weighted by Crippen LogP contribution is 2.37. The molecule has 0 saturated carbocycles. The second-order valence-corrected chi connectivity index (χ2v) is 3.93. The van der Waals surface area contributed by atoms with E-state index in [0.29, 0.717) is 5.76 Å². The molecule has 0 saturated heterocycles. The first kappa shape index (κ1) is 10.7. The Morgan fingerprint density at radius 3 is 2.72 bits per heavy atom. The molecule has 0 bridgehead atoms. The molecule has 0 spiro atoms. The number of anilines is 1. The molecule has 0 aliphatic heterocycles. The number of aromatic nitrogens is 1. The van der Waals surface area contributed by atoms with E-state index < -0.39 is 0 Å². The van der Waals surface area contributed by atoms with Crippen molar-refractivity contribution in [2.75, 3.05) is 12.8 Å². The van der Waals surface area contributed by atoms with Crippen molar-refractivity contribution in [3.63, 3.8) is 0 Å². The maximum absolute atomic E-state index is 5.53. The summed E-state index contributed by atoms with van der Waals surface area (Å²) in [6.45, 7) is 0. The molecule has 0 unspecified atom stereocenters. The van der Waals surface area contributed by atoms with Gasteiger partial charge < -0.3 is 14.9 Å². The molecule has 0 amide bonds. The van der Waals surface area contributed by atoms with Crippen LogP contribution in [-0.4, -0.2) is 12.1 Å². The van der Waals surface area contributed by atoms with Gasteiger partial charge in [-0.05, 0) is 16.8 Å². The van der Waals surface area contributed by atoms with Crippen LogP contribution < -0.4 is 10.5 Å². The van der Waals surface area contributed by atoms with Gasteiger partial charge in [0.2, 0.25) is 0 Å². The summed E-state index contributed by atoms with van der Waals surface area (Å²) in [4.78, 5) is 3.93. The fraction of sp³-hybridized carbons (Fsp3) is 0.0714. The van der Waals surface area contributed by atoms with Crippen molar-refractivity contribution in [3.8, 4) is 17.1 Å². The zero-order valence-corrected chi connectivity index (χ0v) is 9.88. The second-order valence-electron chi connectivity index (χ2n) is 3.93. The number of hydrogen-bond donors (Lipinski definition) is 1. The molecule has 2 N–H and O–H groups in total. The van der Waals surface area contributed by atoms with E-state index in [1.54, 1.807) is 13.3 Å². The Bertz CT molecular complexity index is 704. The first-order valence-electron chi connectivity index (χ1n) is 5.57. The van der Waals surface area contributed by atoms with Gasteiger partial charge in [0.15, 0.2) is 5.76 Å². The number of fused-ring (bicyclic) bond motifs is 1. The van der Waals surface area contributed by atoms with Crippen LogP contribution in [-0.2, 0) is 0 Å². The highest BCUT2D eigenvalue weighted by molar-refractivity contribution is 5.98. The molecule has 3 aromatic rings. The molecule has 4 nitrogen and oxygen atoms in total. The lowest BCUT2D eigenvalue weighted by atomic mass is 10.0. The van der Waals surface area contributed by atoms with E-state index >= 15 is 0 Å². The van der Waals surface area contributed by atoms with Crippen molar-refractivity contribution in [1.29, 1.82) is 0 Å². The van der Waals surface area contributed by atoms with E-state index in [9.17, 15) is 0 Å². The van der Waals surface area contributed by atoms with Crippen LogP contribution in [0, 0.1) is 0 Å². The number of oxazole rings is 1. The smallest absolute Gasteiger partial charge is 0.292 e. The Kier molecular flexibility index (Phi) is 2.41. The van der Waals surface area contributed by atoms with Gasteiger partial charge in [0.25, 0.3) is 6.01 Å². The van der Waals surface area contributed by atoms with Crippen molar-refractivity contribution in [1.82, 2.24) is 4.98 Å². The summed E-state index contributed by atoms with van der Waals surface area (Å²) in [5.74, 6) is 1.35. The summed E-state index contributed by atoms with van der Waals surface area (Å²) in [7, 11) is 1.63. The summed E-state index contributed by atoms with van der Waals surface area (Å²) in [5, 5.41) is 2.16. The predicted octanol–water partition coefficient (Wildman–Crippen LogP) is 3.09. The molecule has 90 valence electrons. The maximum Gasteiger partial charge on any atom is 0.292 e. The number of nitrogens with two attached hydrogens (primary N) is 1. The number of ether oxygens (including phenoxy) is 1.